The van der Waals surface area contributed by atoms with E-state index in [-0.39, 0.29) is 0 Å². The van der Waals surface area contributed by atoms with Crippen molar-refractivity contribution < 1.29 is 0 Å². The quantitative estimate of drug-likeness (QED) is 0.580. The molecule has 0 radical (unpaired) electrons. The fraction of sp³-hybridized carbons (Fsp3) is 0.667. The topological polar surface area (TPSA) is 0 Å². The lowest BCUT2D eigenvalue weighted by molar-refractivity contribution is 0.317. The van der Waals surface area contributed by atoms with E-state index < -0.39 is 0 Å². The molecule has 0 aliphatic heterocycles. The Morgan fingerprint density at radius 2 is 1.92 bits per heavy atom. The zero-order valence-electron chi connectivity index (χ0n) is 8.94. The Labute approximate surface area is 76.4 Å². The largest absolute Gasteiger partial charge is 0.0767 e. The summed E-state index contributed by atoms with van der Waals surface area (Å²) in [5.41, 5.74) is 3.37. The van der Waals surface area contributed by atoms with Gasteiger partial charge >= 0.3 is 0 Å². The van der Waals surface area contributed by atoms with Crippen LogP contribution in [0.15, 0.2) is 23.3 Å². The number of allylic oxidation sites excluding steroid dienone is 4. The second-order valence-corrected chi connectivity index (χ2v) is 4.73. The van der Waals surface area contributed by atoms with E-state index in [9.17, 15) is 0 Å². The standard InChI is InChI=1S/C12H20/c1-9(2)12(4,5)11-7-6-10(3)8-11/h7-9H,6H2,1-5H3. The number of hydrogen-bond donors (Lipinski definition) is 0. The Morgan fingerprint density at radius 3 is 2.25 bits per heavy atom. The zero-order valence-corrected chi connectivity index (χ0v) is 8.94. The number of rotatable bonds is 2. The van der Waals surface area contributed by atoms with E-state index >= 15 is 0 Å². The Hall–Kier alpha value is -0.520. The van der Waals surface area contributed by atoms with Gasteiger partial charge in [0.15, 0.2) is 0 Å². The van der Waals surface area contributed by atoms with Gasteiger partial charge in [-0.2, -0.15) is 0 Å². The summed E-state index contributed by atoms with van der Waals surface area (Å²) in [6.45, 7) is 11.5. The molecule has 0 unspecified atom stereocenters. The summed E-state index contributed by atoms with van der Waals surface area (Å²) >= 11 is 0. The molecule has 0 bridgehead atoms. The summed E-state index contributed by atoms with van der Waals surface area (Å²) in [7, 11) is 0. The fourth-order valence-corrected chi connectivity index (χ4v) is 1.44. The molecule has 0 N–H and O–H groups in total. The minimum Gasteiger partial charge on any atom is -0.0767 e. The van der Waals surface area contributed by atoms with E-state index in [0.717, 1.165) is 6.42 Å². The Morgan fingerprint density at radius 1 is 1.33 bits per heavy atom. The molecule has 0 spiro atoms. The van der Waals surface area contributed by atoms with E-state index in [1.54, 1.807) is 0 Å². The van der Waals surface area contributed by atoms with Crippen LogP contribution < -0.4 is 0 Å². The molecule has 0 saturated heterocycles. The van der Waals surface area contributed by atoms with Gasteiger partial charge in [-0.1, -0.05) is 45.4 Å². The van der Waals surface area contributed by atoms with Crippen molar-refractivity contribution in [2.75, 3.05) is 0 Å². The second-order valence-electron chi connectivity index (χ2n) is 4.73. The average Bonchev–Trinajstić information content (AvgIpc) is 2.35. The Bertz CT molecular complexity index is 226. The van der Waals surface area contributed by atoms with Crippen molar-refractivity contribution in [2.45, 2.75) is 41.0 Å². The molecule has 0 aromatic rings. The minimum absolute atomic E-state index is 0.345. The summed E-state index contributed by atoms with van der Waals surface area (Å²) in [5.74, 6) is 0.714. The fourth-order valence-electron chi connectivity index (χ4n) is 1.44. The van der Waals surface area contributed by atoms with E-state index in [4.69, 9.17) is 0 Å². The van der Waals surface area contributed by atoms with Gasteiger partial charge in [-0.25, -0.2) is 0 Å². The van der Waals surface area contributed by atoms with Gasteiger partial charge in [0, 0.05) is 0 Å². The molecule has 1 aliphatic carbocycles. The van der Waals surface area contributed by atoms with Gasteiger partial charge in [-0.15, -0.1) is 0 Å². The van der Waals surface area contributed by atoms with Gasteiger partial charge < -0.3 is 0 Å². The van der Waals surface area contributed by atoms with Crippen molar-refractivity contribution in [3.8, 4) is 0 Å². The van der Waals surface area contributed by atoms with Crippen LogP contribution >= 0.6 is 0 Å². The van der Waals surface area contributed by atoms with E-state index in [1.165, 1.54) is 11.1 Å². The summed E-state index contributed by atoms with van der Waals surface area (Å²) in [5, 5.41) is 0. The third-order valence-corrected chi connectivity index (χ3v) is 3.23. The predicted octanol–water partition coefficient (Wildman–Crippen LogP) is 3.95. The second kappa shape index (κ2) is 3.08. The maximum atomic E-state index is 2.37. The molecule has 0 aromatic carbocycles. The summed E-state index contributed by atoms with van der Waals surface area (Å²) in [4.78, 5) is 0. The highest BCUT2D eigenvalue weighted by Crippen LogP contribution is 2.38. The van der Waals surface area contributed by atoms with Crippen LogP contribution in [0.2, 0.25) is 0 Å². The minimum atomic E-state index is 0.345. The van der Waals surface area contributed by atoms with Crippen molar-refractivity contribution in [2.24, 2.45) is 11.3 Å². The zero-order chi connectivity index (χ0) is 9.35. The van der Waals surface area contributed by atoms with Crippen LogP contribution in [0.25, 0.3) is 0 Å². The first-order valence-electron chi connectivity index (χ1n) is 4.82. The number of hydrogen-bond acceptors (Lipinski definition) is 0. The molecule has 0 saturated carbocycles. The lowest BCUT2D eigenvalue weighted by Crippen LogP contribution is -2.20. The first-order valence-corrected chi connectivity index (χ1v) is 4.82. The van der Waals surface area contributed by atoms with Crippen molar-refractivity contribution in [3.05, 3.63) is 23.3 Å². The van der Waals surface area contributed by atoms with E-state index in [0.29, 0.717) is 11.3 Å². The van der Waals surface area contributed by atoms with Crippen LogP contribution in [0, 0.1) is 11.3 Å². The highest BCUT2D eigenvalue weighted by Gasteiger charge is 2.26. The van der Waals surface area contributed by atoms with Gasteiger partial charge in [-0.3, -0.25) is 0 Å². The highest BCUT2D eigenvalue weighted by molar-refractivity contribution is 5.36. The molecular weight excluding hydrogens is 144 g/mol. The highest BCUT2D eigenvalue weighted by atomic mass is 14.3. The monoisotopic (exact) mass is 164 g/mol. The van der Waals surface area contributed by atoms with Gasteiger partial charge in [-0.05, 0) is 30.3 Å². The molecule has 0 amide bonds. The molecule has 68 valence electrons. The van der Waals surface area contributed by atoms with Crippen LogP contribution in [0.4, 0.5) is 0 Å². The van der Waals surface area contributed by atoms with Gasteiger partial charge in [0.1, 0.15) is 0 Å². The van der Waals surface area contributed by atoms with Gasteiger partial charge in [0.25, 0.3) is 0 Å². The van der Waals surface area contributed by atoms with Crippen molar-refractivity contribution in [1.82, 2.24) is 0 Å². The lowest BCUT2D eigenvalue weighted by atomic mass is 9.75. The molecule has 0 atom stereocenters. The molecule has 0 fully saturated rings. The van der Waals surface area contributed by atoms with Crippen LogP contribution in [-0.4, -0.2) is 0 Å². The van der Waals surface area contributed by atoms with Gasteiger partial charge in [0.05, 0.1) is 0 Å². The molecule has 0 aromatic heterocycles. The third-order valence-electron chi connectivity index (χ3n) is 3.23. The first-order chi connectivity index (χ1) is 5.44. The smallest absolute Gasteiger partial charge is 0.00836 e. The molecule has 0 nitrogen and oxygen atoms in total. The molecular formula is C12H20. The van der Waals surface area contributed by atoms with Crippen LogP contribution in [-0.2, 0) is 0 Å². The Kier molecular flexibility index (Phi) is 2.46. The van der Waals surface area contributed by atoms with Crippen molar-refractivity contribution in [1.29, 1.82) is 0 Å². The van der Waals surface area contributed by atoms with Crippen LogP contribution in [0.1, 0.15) is 41.0 Å². The Balaban J connectivity index is 2.84. The van der Waals surface area contributed by atoms with E-state index in [1.807, 2.05) is 0 Å². The lowest BCUT2D eigenvalue weighted by Gasteiger charge is -2.30. The maximum absolute atomic E-state index is 2.37. The van der Waals surface area contributed by atoms with Crippen molar-refractivity contribution in [3.63, 3.8) is 0 Å². The first kappa shape index (κ1) is 9.57. The molecule has 12 heavy (non-hydrogen) atoms. The SMILES string of the molecule is CC1=CC(C(C)(C)C(C)C)=CC1. The van der Waals surface area contributed by atoms with Crippen LogP contribution in [0.5, 0.6) is 0 Å². The predicted molar refractivity (Wildman–Crippen MR) is 55.1 cm³/mol. The van der Waals surface area contributed by atoms with Gasteiger partial charge in [0.2, 0.25) is 0 Å². The summed E-state index contributed by atoms with van der Waals surface area (Å²) in [6.07, 6.45) is 5.88. The molecule has 1 rings (SSSR count). The average molecular weight is 164 g/mol. The normalized spacial score (nSPS) is 18.2. The summed E-state index contributed by atoms with van der Waals surface area (Å²) < 4.78 is 0. The maximum Gasteiger partial charge on any atom is -0.00836 e. The van der Waals surface area contributed by atoms with Crippen molar-refractivity contribution >= 4 is 0 Å². The molecule has 0 heteroatoms. The molecule has 1 aliphatic rings. The van der Waals surface area contributed by atoms with E-state index in [2.05, 4.69) is 46.8 Å². The summed E-state index contributed by atoms with van der Waals surface area (Å²) in [6, 6.07) is 0. The molecule has 0 heterocycles. The van der Waals surface area contributed by atoms with Crippen LogP contribution in [0.3, 0.4) is 0 Å². The third kappa shape index (κ3) is 1.63.